The van der Waals surface area contributed by atoms with Gasteiger partial charge in [0.15, 0.2) is 5.82 Å². The van der Waals surface area contributed by atoms with E-state index in [0.29, 0.717) is 6.54 Å². The number of hydrogen-bond donors (Lipinski definition) is 0. The molecule has 3 heterocycles. The fraction of sp³-hybridized carbons (Fsp3) is 0.0556. The summed E-state index contributed by atoms with van der Waals surface area (Å²) in [6.45, 7) is 0.674. The largest absolute Gasteiger partial charge is 0.317 e. The van der Waals surface area contributed by atoms with Gasteiger partial charge in [-0.15, -0.1) is 0 Å². The van der Waals surface area contributed by atoms with Crippen molar-refractivity contribution in [2.24, 2.45) is 0 Å². The van der Waals surface area contributed by atoms with Crippen molar-refractivity contribution in [1.82, 2.24) is 19.5 Å². The average Bonchev–Trinajstić information content (AvgIpc) is 2.95. The standard InChI is InChI=1S/C18H14N4/c1-2-10-17-15(8-1)21-18(16-9-4-6-12-20-16)22(17)13-14-7-3-5-11-19-14/h1-12H,13H2. The highest BCUT2D eigenvalue weighted by Crippen LogP contribution is 2.24. The van der Waals surface area contributed by atoms with Crippen LogP contribution < -0.4 is 0 Å². The summed E-state index contributed by atoms with van der Waals surface area (Å²) in [5, 5.41) is 0. The van der Waals surface area contributed by atoms with Crippen molar-refractivity contribution in [3.8, 4) is 11.5 Å². The predicted octanol–water partition coefficient (Wildman–Crippen LogP) is 3.54. The number of imidazole rings is 1. The SMILES string of the molecule is c1ccc(Cn2c(-c3ccccn3)nc3ccccc32)nc1. The molecule has 4 rings (SSSR count). The number of nitrogens with zero attached hydrogens (tertiary/aromatic N) is 4. The summed E-state index contributed by atoms with van der Waals surface area (Å²) in [7, 11) is 0. The van der Waals surface area contributed by atoms with Crippen LogP contribution in [0.25, 0.3) is 22.6 Å². The quantitative estimate of drug-likeness (QED) is 0.578. The maximum absolute atomic E-state index is 4.75. The molecular weight excluding hydrogens is 272 g/mol. The van der Waals surface area contributed by atoms with Crippen LogP contribution >= 0.6 is 0 Å². The number of aromatic nitrogens is 4. The first-order chi connectivity index (χ1) is 10.9. The molecule has 0 N–H and O–H groups in total. The van der Waals surface area contributed by atoms with Gasteiger partial charge in [-0.2, -0.15) is 0 Å². The number of para-hydroxylation sites is 2. The Labute approximate surface area is 128 Å². The van der Waals surface area contributed by atoms with Gasteiger partial charge in [-0.05, 0) is 36.4 Å². The monoisotopic (exact) mass is 286 g/mol. The molecule has 4 aromatic rings. The average molecular weight is 286 g/mol. The van der Waals surface area contributed by atoms with Gasteiger partial charge in [0, 0.05) is 12.4 Å². The molecule has 22 heavy (non-hydrogen) atoms. The van der Waals surface area contributed by atoms with E-state index in [0.717, 1.165) is 28.2 Å². The van der Waals surface area contributed by atoms with E-state index >= 15 is 0 Å². The molecule has 0 unspecified atom stereocenters. The van der Waals surface area contributed by atoms with Gasteiger partial charge in [0.25, 0.3) is 0 Å². The Balaban J connectivity index is 1.91. The second-order valence-electron chi connectivity index (χ2n) is 5.05. The third-order valence-electron chi connectivity index (χ3n) is 3.59. The molecule has 4 nitrogen and oxygen atoms in total. The zero-order chi connectivity index (χ0) is 14.8. The van der Waals surface area contributed by atoms with Gasteiger partial charge in [-0.1, -0.05) is 24.3 Å². The lowest BCUT2D eigenvalue weighted by Crippen LogP contribution is -2.04. The van der Waals surface area contributed by atoms with Crippen LogP contribution in [0.15, 0.2) is 73.1 Å². The topological polar surface area (TPSA) is 43.6 Å². The number of fused-ring (bicyclic) bond motifs is 1. The van der Waals surface area contributed by atoms with E-state index in [2.05, 4.69) is 20.6 Å². The van der Waals surface area contributed by atoms with Gasteiger partial charge in [-0.25, -0.2) is 4.98 Å². The second-order valence-corrected chi connectivity index (χ2v) is 5.05. The van der Waals surface area contributed by atoms with Crippen molar-refractivity contribution < 1.29 is 0 Å². The Morgan fingerprint density at radius 2 is 1.55 bits per heavy atom. The Kier molecular flexibility index (Phi) is 3.12. The lowest BCUT2D eigenvalue weighted by Gasteiger charge is -2.08. The van der Waals surface area contributed by atoms with E-state index in [1.165, 1.54) is 0 Å². The molecule has 3 aromatic heterocycles. The zero-order valence-corrected chi connectivity index (χ0v) is 11.9. The van der Waals surface area contributed by atoms with Crippen LogP contribution in [0.1, 0.15) is 5.69 Å². The van der Waals surface area contributed by atoms with Gasteiger partial charge in [0.1, 0.15) is 5.69 Å². The van der Waals surface area contributed by atoms with Crippen molar-refractivity contribution in [3.63, 3.8) is 0 Å². The van der Waals surface area contributed by atoms with Gasteiger partial charge >= 0.3 is 0 Å². The number of hydrogen-bond acceptors (Lipinski definition) is 3. The van der Waals surface area contributed by atoms with E-state index < -0.39 is 0 Å². The zero-order valence-electron chi connectivity index (χ0n) is 11.9. The summed E-state index contributed by atoms with van der Waals surface area (Å²) in [6, 6.07) is 20.0. The first kappa shape index (κ1) is 12.7. The van der Waals surface area contributed by atoms with Crippen LogP contribution in [0.5, 0.6) is 0 Å². The van der Waals surface area contributed by atoms with Crippen LogP contribution in [-0.4, -0.2) is 19.5 Å². The Bertz CT molecular complexity index is 898. The van der Waals surface area contributed by atoms with Gasteiger partial charge < -0.3 is 4.57 Å². The van der Waals surface area contributed by atoms with Crippen molar-refractivity contribution in [2.75, 3.05) is 0 Å². The molecule has 0 bridgehead atoms. The highest BCUT2D eigenvalue weighted by atomic mass is 15.1. The molecule has 106 valence electrons. The van der Waals surface area contributed by atoms with E-state index in [4.69, 9.17) is 4.98 Å². The van der Waals surface area contributed by atoms with Gasteiger partial charge in [0.2, 0.25) is 0 Å². The van der Waals surface area contributed by atoms with Crippen LogP contribution in [0.2, 0.25) is 0 Å². The molecule has 0 radical (unpaired) electrons. The van der Waals surface area contributed by atoms with E-state index in [1.54, 1.807) is 6.20 Å². The molecular formula is C18H14N4. The minimum Gasteiger partial charge on any atom is -0.317 e. The van der Waals surface area contributed by atoms with E-state index in [9.17, 15) is 0 Å². The molecule has 0 amide bonds. The first-order valence-electron chi connectivity index (χ1n) is 7.18. The highest BCUT2D eigenvalue weighted by molar-refractivity contribution is 5.80. The fourth-order valence-corrected chi connectivity index (χ4v) is 2.58. The Morgan fingerprint density at radius 1 is 0.773 bits per heavy atom. The number of rotatable bonds is 3. The van der Waals surface area contributed by atoms with Gasteiger partial charge in [-0.3, -0.25) is 9.97 Å². The molecule has 0 atom stereocenters. The summed E-state index contributed by atoms with van der Waals surface area (Å²) in [4.78, 5) is 13.6. The third-order valence-corrected chi connectivity index (χ3v) is 3.59. The molecule has 0 aliphatic carbocycles. The summed E-state index contributed by atoms with van der Waals surface area (Å²) in [5.74, 6) is 0.868. The number of benzene rings is 1. The molecule has 0 aliphatic heterocycles. The summed E-state index contributed by atoms with van der Waals surface area (Å²) in [6.07, 6.45) is 3.61. The fourth-order valence-electron chi connectivity index (χ4n) is 2.58. The smallest absolute Gasteiger partial charge is 0.160 e. The molecule has 0 saturated carbocycles. The lowest BCUT2D eigenvalue weighted by atomic mass is 10.3. The molecule has 0 saturated heterocycles. The normalized spacial score (nSPS) is 10.9. The molecule has 0 fully saturated rings. The van der Waals surface area contributed by atoms with Crippen molar-refractivity contribution >= 4 is 11.0 Å². The van der Waals surface area contributed by atoms with Crippen LogP contribution in [0.4, 0.5) is 0 Å². The second kappa shape index (κ2) is 5.41. The Morgan fingerprint density at radius 3 is 2.32 bits per heavy atom. The van der Waals surface area contributed by atoms with E-state index in [1.807, 2.05) is 60.8 Å². The minimum absolute atomic E-state index is 0.674. The van der Waals surface area contributed by atoms with Crippen molar-refractivity contribution in [1.29, 1.82) is 0 Å². The van der Waals surface area contributed by atoms with Crippen LogP contribution in [0.3, 0.4) is 0 Å². The van der Waals surface area contributed by atoms with Gasteiger partial charge in [0.05, 0.1) is 23.3 Å². The van der Waals surface area contributed by atoms with Crippen LogP contribution in [0, 0.1) is 0 Å². The lowest BCUT2D eigenvalue weighted by molar-refractivity contribution is 0.803. The third kappa shape index (κ3) is 2.24. The molecule has 1 aromatic carbocycles. The molecule has 4 heteroatoms. The van der Waals surface area contributed by atoms with Crippen molar-refractivity contribution in [3.05, 3.63) is 78.8 Å². The molecule has 0 spiro atoms. The molecule has 0 aliphatic rings. The van der Waals surface area contributed by atoms with Crippen LogP contribution in [-0.2, 0) is 6.54 Å². The Hall–Kier alpha value is -3.01. The summed E-state index contributed by atoms with van der Waals surface area (Å²) in [5.41, 5.74) is 3.94. The minimum atomic E-state index is 0.674. The maximum atomic E-state index is 4.75. The maximum Gasteiger partial charge on any atom is 0.160 e. The predicted molar refractivity (Wildman–Crippen MR) is 86.3 cm³/mol. The van der Waals surface area contributed by atoms with E-state index in [-0.39, 0.29) is 0 Å². The highest BCUT2D eigenvalue weighted by Gasteiger charge is 2.13. The number of pyridine rings is 2. The first-order valence-corrected chi connectivity index (χ1v) is 7.18. The summed E-state index contributed by atoms with van der Waals surface area (Å²) < 4.78 is 2.17. The van der Waals surface area contributed by atoms with Crippen molar-refractivity contribution in [2.45, 2.75) is 6.54 Å². The summed E-state index contributed by atoms with van der Waals surface area (Å²) >= 11 is 0.